The molecule has 3 heteroatoms. The quantitative estimate of drug-likeness (QED) is 0.677. The largest absolute Gasteiger partial charge is 0.398 e. The summed E-state index contributed by atoms with van der Waals surface area (Å²) < 4.78 is 36.6. The summed E-state index contributed by atoms with van der Waals surface area (Å²) in [5.74, 6) is -1.22. The molecule has 0 radical (unpaired) electrons. The summed E-state index contributed by atoms with van der Waals surface area (Å²) in [6.45, 7) is 0. The van der Waals surface area contributed by atoms with Crippen LogP contribution < -0.4 is 0 Å². The molecule has 0 bridgehead atoms. The maximum Gasteiger partial charge on any atom is 0.398 e. The van der Waals surface area contributed by atoms with Gasteiger partial charge in [-0.3, -0.25) is 0 Å². The highest BCUT2D eigenvalue weighted by atomic mass is 19.4. The third-order valence-electron chi connectivity index (χ3n) is 2.80. The first-order valence-corrected chi connectivity index (χ1v) is 5.38. The molecule has 1 atom stereocenters. The molecule has 0 aromatic heterocycles. The zero-order chi connectivity index (χ0) is 11.6. The van der Waals surface area contributed by atoms with E-state index in [1.165, 1.54) is 11.6 Å². The Balaban J connectivity index is 1.70. The summed E-state index contributed by atoms with van der Waals surface area (Å²) in [4.78, 5) is 0. The molecule has 0 nitrogen and oxygen atoms in total. The van der Waals surface area contributed by atoms with Crippen LogP contribution in [0.5, 0.6) is 0 Å². The number of rotatable bonds is 4. The van der Waals surface area contributed by atoms with Gasteiger partial charge in [0.05, 0.1) is 5.92 Å². The van der Waals surface area contributed by atoms with Gasteiger partial charge in [0.25, 0.3) is 0 Å². The number of benzene rings is 1. The molecule has 86 valence electrons. The average Bonchev–Trinajstić information content (AvgIpc) is 2.98. The second kappa shape index (κ2) is 4.32. The lowest BCUT2D eigenvalue weighted by molar-refractivity contribution is -0.142. The molecule has 16 heavy (non-hydrogen) atoms. The molecule has 1 aromatic carbocycles. The van der Waals surface area contributed by atoms with Crippen LogP contribution in [0.2, 0.25) is 0 Å². The Morgan fingerprint density at radius 2 is 1.69 bits per heavy atom. The maximum absolute atomic E-state index is 12.2. The Labute approximate surface area is 92.8 Å². The molecule has 1 unspecified atom stereocenters. The zero-order valence-electron chi connectivity index (χ0n) is 8.80. The lowest BCUT2D eigenvalue weighted by atomic mass is 10.1. The normalized spacial score (nSPS) is 19.4. The van der Waals surface area contributed by atoms with Crippen molar-refractivity contribution in [3.05, 3.63) is 47.5 Å². The van der Waals surface area contributed by atoms with E-state index in [0.29, 0.717) is 12.0 Å². The first-order valence-electron chi connectivity index (χ1n) is 5.38. The van der Waals surface area contributed by atoms with Crippen molar-refractivity contribution in [3.8, 4) is 0 Å². The lowest BCUT2D eigenvalue weighted by Crippen LogP contribution is -2.12. The Morgan fingerprint density at radius 1 is 1.00 bits per heavy atom. The number of hydrogen-bond donors (Lipinski definition) is 0. The van der Waals surface area contributed by atoms with Crippen LogP contribution in [0.4, 0.5) is 13.2 Å². The van der Waals surface area contributed by atoms with Crippen LogP contribution in [0.1, 0.15) is 18.4 Å². The summed E-state index contributed by atoms with van der Waals surface area (Å²) in [6.07, 6.45) is -0.517. The van der Waals surface area contributed by atoms with Gasteiger partial charge < -0.3 is 0 Å². The lowest BCUT2D eigenvalue weighted by Gasteiger charge is -2.05. The van der Waals surface area contributed by atoms with Crippen LogP contribution in [-0.2, 0) is 6.42 Å². The third kappa shape index (κ3) is 2.87. The highest BCUT2D eigenvalue weighted by Gasteiger charge is 2.47. The summed E-state index contributed by atoms with van der Waals surface area (Å²) in [7, 11) is 0. The second-order valence-corrected chi connectivity index (χ2v) is 4.10. The molecule has 0 heterocycles. The minimum atomic E-state index is -4.05. The number of alkyl halides is 3. The second-order valence-electron chi connectivity index (χ2n) is 4.10. The molecule has 0 N–H and O–H groups in total. The van der Waals surface area contributed by atoms with Crippen LogP contribution in [-0.4, -0.2) is 6.18 Å². The SMILES string of the molecule is FC(F)(F)C1C=C1CCCc1ccccc1. The molecule has 2 rings (SSSR count). The Morgan fingerprint density at radius 3 is 2.25 bits per heavy atom. The van der Waals surface area contributed by atoms with Gasteiger partial charge in [0, 0.05) is 0 Å². The molecule has 0 amide bonds. The molecule has 1 aromatic rings. The average molecular weight is 226 g/mol. The Hall–Kier alpha value is -1.25. The van der Waals surface area contributed by atoms with Gasteiger partial charge in [0.15, 0.2) is 0 Å². The highest BCUT2D eigenvalue weighted by molar-refractivity contribution is 5.31. The van der Waals surface area contributed by atoms with E-state index in [1.54, 1.807) is 0 Å². The highest BCUT2D eigenvalue weighted by Crippen LogP contribution is 2.45. The minimum absolute atomic E-state index is 0.559. The zero-order valence-corrected chi connectivity index (χ0v) is 8.80. The van der Waals surface area contributed by atoms with Crippen LogP contribution in [0, 0.1) is 5.92 Å². The van der Waals surface area contributed by atoms with E-state index in [0.717, 1.165) is 12.8 Å². The molecule has 1 aliphatic carbocycles. The monoisotopic (exact) mass is 226 g/mol. The Kier molecular flexibility index (Phi) is 3.03. The predicted octanol–water partition coefficient (Wildman–Crippen LogP) is 4.13. The first kappa shape index (κ1) is 11.2. The van der Waals surface area contributed by atoms with Gasteiger partial charge in [-0.15, -0.1) is 0 Å². The molecule has 0 aliphatic heterocycles. The minimum Gasteiger partial charge on any atom is -0.170 e. The smallest absolute Gasteiger partial charge is 0.170 e. The van der Waals surface area contributed by atoms with Crippen molar-refractivity contribution < 1.29 is 13.2 Å². The van der Waals surface area contributed by atoms with E-state index in [1.807, 2.05) is 30.3 Å². The summed E-state index contributed by atoms with van der Waals surface area (Å²) in [6, 6.07) is 9.84. The predicted molar refractivity (Wildman–Crippen MR) is 57.0 cm³/mol. The van der Waals surface area contributed by atoms with Crippen LogP contribution in [0.15, 0.2) is 42.0 Å². The molecule has 0 spiro atoms. The molecular weight excluding hydrogens is 213 g/mol. The number of allylic oxidation sites excluding steroid dienone is 2. The van der Waals surface area contributed by atoms with Gasteiger partial charge in [0.1, 0.15) is 0 Å². The van der Waals surface area contributed by atoms with Crippen molar-refractivity contribution in [1.29, 1.82) is 0 Å². The maximum atomic E-state index is 12.2. The van der Waals surface area contributed by atoms with Gasteiger partial charge >= 0.3 is 6.18 Å². The molecule has 0 fully saturated rings. The molecule has 1 aliphatic rings. The van der Waals surface area contributed by atoms with Crippen LogP contribution in [0.25, 0.3) is 0 Å². The molecule has 0 saturated carbocycles. The number of hydrogen-bond acceptors (Lipinski definition) is 0. The molecule has 0 saturated heterocycles. The summed E-state index contributed by atoms with van der Waals surface area (Å²) in [5.41, 5.74) is 1.75. The van der Waals surface area contributed by atoms with Crippen molar-refractivity contribution in [3.63, 3.8) is 0 Å². The standard InChI is InChI=1S/C13H13F3/c14-13(15,16)12-9-11(12)8-4-7-10-5-2-1-3-6-10/h1-3,5-6,9,12H,4,7-8H2. The van der Waals surface area contributed by atoms with Crippen molar-refractivity contribution in [2.75, 3.05) is 0 Å². The van der Waals surface area contributed by atoms with Crippen molar-refractivity contribution >= 4 is 0 Å². The van der Waals surface area contributed by atoms with E-state index >= 15 is 0 Å². The fraction of sp³-hybridized carbons (Fsp3) is 0.385. The van der Waals surface area contributed by atoms with E-state index in [2.05, 4.69) is 0 Å². The third-order valence-corrected chi connectivity index (χ3v) is 2.80. The van der Waals surface area contributed by atoms with E-state index in [4.69, 9.17) is 0 Å². The first-order chi connectivity index (χ1) is 7.57. The van der Waals surface area contributed by atoms with E-state index in [-0.39, 0.29) is 0 Å². The van der Waals surface area contributed by atoms with E-state index in [9.17, 15) is 13.2 Å². The van der Waals surface area contributed by atoms with Crippen molar-refractivity contribution in [1.82, 2.24) is 0 Å². The van der Waals surface area contributed by atoms with Gasteiger partial charge in [0.2, 0.25) is 0 Å². The number of halogens is 3. The molecular formula is C13H13F3. The van der Waals surface area contributed by atoms with Crippen molar-refractivity contribution in [2.24, 2.45) is 5.92 Å². The Bertz CT molecular complexity index is 376. The van der Waals surface area contributed by atoms with Crippen molar-refractivity contribution in [2.45, 2.75) is 25.4 Å². The summed E-state index contributed by atoms with van der Waals surface area (Å²) >= 11 is 0. The van der Waals surface area contributed by atoms with Gasteiger partial charge in [-0.2, -0.15) is 13.2 Å². The fourth-order valence-electron chi connectivity index (χ4n) is 1.85. The fourth-order valence-corrected chi connectivity index (χ4v) is 1.85. The number of aryl methyl sites for hydroxylation is 1. The topological polar surface area (TPSA) is 0 Å². The van der Waals surface area contributed by atoms with Gasteiger partial charge in [-0.25, -0.2) is 0 Å². The van der Waals surface area contributed by atoms with Gasteiger partial charge in [-0.05, 0) is 24.8 Å². The van der Waals surface area contributed by atoms with E-state index < -0.39 is 12.1 Å². The van der Waals surface area contributed by atoms with Crippen LogP contribution >= 0.6 is 0 Å². The summed E-state index contributed by atoms with van der Waals surface area (Å²) in [5, 5.41) is 0. The van der Waals surface area contributed by atoms with Gasteiger partial charge in [-0.1, -0.05) is 42.0 Å². The van der Waals surface area contributed by atoms with Crippen LogP contribution in [0.3, 0.4) is 0 Å².